The summed E-state index contributed by atoms with van der Waals surface area (Å²) in [5.74, 6) is -1.49. The lowest BCUT2D eigenvalue weighted by Gasteiger charge is -2.32. The Morgan fingerprint density at radius 2 is 1.42 bits per heavy atom. The predicted molar refractivity (Wildman–Crippen MR) is 223 cm³/mol. The second-order valence-corrected chi connectivity index (χ2v) is 18.3. The summed E-state index contributed by atoms with van der Waals surface area (Å²) < 4.78 is 30.5. The van der Waals surface area contributed by atoms with Crippen molar-refractivity contribution in [1.82, 2.24) is 28.9 Å². The molecule has 3 amide bonds. The van der Waals surface area contributed by atoms with Crippen LogP contribution >= 0.6 is 11.6 Å². The fourth-order valence-electron chi connectivity index (χ4n) is 9.78. The number of fused-ring (bicyclic) bond motifs is 4. The standard InChI is InChI=1S/C44H52ClFN8O6/c1-42(2,3)60-41(58)54-21-14-33-31(24-54)48-36(52(33)5)38(55)49-28-11-7-9-26(34(28)45)27-10-8-12-29(35(27)46)50-39(56)37-47-30-23-53(20-13-32(30)51(37)4)22-19-43-15-17-44(25-43,18-16-43)40(57)59-6/h7-12H,13-25H2,1-6H3,(H,49,55)(H,50,56). The van der Waals surface area contributed by atoms with Crippen molar-refractivity contribution in [3.05, 3.63) is 81.7 Å². The van der Waals surface area contributed by atoms with Gasteiger partial charge in [-0.3, -0.25) is 19.3 Å². The van der Waals surface area contributed by atoms with Crippen LogP contribution in [0.5, 0.6) is 0 Å². The molecule has 2 aliphatic carbocycles. The smallest absolute Gasteiger partial charge is 0.410 e. The number of carbonyl (C=O) groups excluding carboxylic acids is 4. The number of hydrogen-bond acceptors (Lipinski definition) is 9. The highest BCUT2D eigenvalue weighted by Gasteiger charge is 2.58. The van der Waals surface area contributed by atoms with Gasteiger partial charge in [0.15, 0.2) is 17.5 Å². The summed E-state index contributed by atoms with van der Waals surface area (Å²) in [5.41, 5.74) is 3.14. The van der Waals surface area contributed by atoms with Gasteiger partial charge in [-0.2, -0.15) is 0 Å². The maximum absolute atomic E-state index is 16.3. The van der Waals surface area contributed by atoms with Crippen molar-refractivity contribution < 1.29 is 33.0 Å². The van der Waals surface area contributed by atoms with E-state index in [0.29, 0.717) is 30.8 Å². The number of esters is 1. The van der Waals surface area contributed by atoms with E-state index in [0.717, 1.165) is 75.1 Å². The van der Waals surface area contributed by atoms with Gasteiger partial charge in [0.2, 0.25) is 0 Å². The maximum atomic E-state index is 16.3. The monoisotopic (exact) mass is 842 g/mol. The minimum atomic E-state index is -0.692. The van der Waals surface area contributed by atoms with Crippen LogP contribution in [0, 0.1) is 16.6 Å². The summed E-state index contributed by atoms with van der Waals surface area (Å²) in [4.78, 5) is 65.8. The Morgan fingerprint density at radius 3 is 2.05 bits per heavy atom. The molecule has 4 heterocycles. The topological polar surface area (TPSA) is 153 Å². The molecule has 8 rings (SSSR count). The van der Waals surface area contributed by atoms with Crippen LogP contribution in [0.15, 0.2) is 36.4 Å². The number of nitrogens with zero attached hydrogens (tertiary/aromatic N) is 6. The lowest BCUT2D eigenvalue weighted by Crippen LogP contribution is -2.40. The van der Waals surface area contributed by atoms with Gasteiger partial charge in [0.05, 0.1) is 46.9 Å². The minimum absolute atomic E-state index is 0.0416. The first kappa shape index (κ1) is 41.5. The van der Waals surface area contributed by atoms with Crippen molar-refractivity contribution in [2.75, 3.05) is 37.4 Å². The van der Waals surface area contributed by atoms with E-state index in [1.165, 1.54) is 13.2 Å². The first-order valence-corrected chi connectivity index (χ1v) is 21.0. The van der Waals surface area contributed by atoms with Gasteiger partial charge >= 0.3 is 12.1 Å². The SMILES string of the molecule is COC(=O)C12CCC(CCN3CCc4c(nc(C(=O)Nc5cccc(-c6cccc(NC(=O)c7nc8c(n7C)CCN(C(=O)OC(C)(C)C)C8)c6Cl)c5F)n4C)C3)(CC1)C2. The van der Waals surface area contributed by atoms with Crippen LogP contribution in [0.3, 0.4) is 0 Å². The highest BCUT2D eigenvalue weighted by molar-refractivity contribution is 6.36. The van der Waals surface area contributed by atoms with E-state index < -0.39 is 29.3 Å². The fourth-order valence-corrected chi connectivity index (χ4v) is 10.1. The zero-order chi connectivity index (χ0) is 42.7. The molecule has 0 spiro atoms. The third-order valence-electron chi connectivity index (χ3n) is 13.0. The van der Waals surface area contributed by atoms with Crippen LogP contribution < -0.4 is 10.6 Å². The molecule has 4 aromatic rings. The number of benzene rings is 2. The van der Waals surface area contributed by atoms with Crippen molar-refractivity contribution >= 4 is 46.9 Å². The van der Waals surface area contributed by atoms with Gasteiger partial charge in [0, 0.05) is 69.1 Å². The van der Waals surface area contributed by atoms with Crippen LogP contribution in [0.1, 0.15) is 103 Å². The Labute approximate surface area is 353 Å². The summed E-state index contributed by atoms with van der Waals surface area (Å²) in [6.45, 7) is 8.38. The molecule has 0 atom stereocenters. The van der Waals surface area contributed by atoms with Gasteiger partial charge in [0.1, 0.15) is 5.60 Å². The molecular formula is C44H52ClFN8O6. The van der Waals surface area contributed by atoms with Crippen molar-refractivity contribution in [2.24, 2.45) is 24.9 Å². The van der Waals surface area contributed by atoms with Crippen LogP contribution in [0.4, 0.5) is 20.6 Å². The lowest BCUT2D eigenvalue weighted by molar-refractivity contribution is -0.152. The molecule has 2 saturated carbocycles. The van der Waals surface area contributed by atoms with Gasteiger partial charge in [-0.15, -0.1) is 0 Å². The number of imidazole rings is 2. The molecule has 2 fully saturated rings. The number of aromatic nitrogens is 4. The average molecular weight is 843 g/mol. The molecule has 14 nitrogen and oxygen atoms in total. The third-order valence-corrected chi connectivity index (χ3v) is 13.4. The van der Waals surface area contributed by atoms with E-state index in [2.05, 4.69) is 20.5 Å². The number of carbonyl (C=O) groups is 4. The summed E-state index contributed by atoms with van der Waals surface area (Å²) in [6.07, 6.45) is 6.60. The Morgan fingerprint density at radius 1 is 0.833 bits per heavy atom. The summed E-state index contributed by atoms with van der Waals surface area (Å²) in [5, 5.41) is 5.66. The molecule has 0 saturated heterocycles. The van der Waals surface area contributed by atoms with Crippen molar-refractivity contribution in [3.63, 3.8) is 0 Å². The summed E-state index contributed by atoms with van der Waals surface area (Å²) in [7, 11) is 5.04. The first-order chi connectivity index (χ1) is 28.5. The molecule has 2 aliphatic heterocycles. The predicted octanol–water partition coefficient (Wildman–Crippen LogP) is 7.28. The zero-order valence-electron chi connectivity index (χ0n) is 35.0. The molecule has 2 N–H and O–H groups in total. The number of ether oxygens (including phenoxy) is 2. The number of amides is 3. The second-order valence-electron chi connectivity index (χ2n) is 17.9. The van der Waals surface area contributed by atoms with Crippen molar-refractivity contribution in [2.45, 2.75) is 90.8 Å². The van der Waals surface area contributed by atoms with E-state index in [4.69, 9.17) is 26.1 Å². The maximum Gasteiger partial charge on any atom is 0.410 e. The Balaban J connectivity index is 0.926. The molecule has 0 unspecified atom stereocenters. The minimum Gasteiger partial charge on any atom is -0.469 e. The summed E-state index contributed by atoms with van der Waals surface area (Å²) >= 11 is 6.85. The number of methoxy groups -OCH3 is 1. The highest BCUT2D eigenvalue weighted by atomic mass is 35.5. The normalized spacial score (nSPS) is 21.0. The molecule has 16 heteroatoms. The van der Waals surface area contributed by atoms with E-state index in [1.807, 2.05) is 7.05 Å². The number of anilines is 2. The molecule has 2 aromatic carbocycles. The quantitative estimate of drug-likeness (QED) is 0.166. The fraction of sp³-hybridized carbons (Fsp3) is 0.500. The van der Waals surface area contributed by atoms with E-state index in [-0.39, 0.29) is 57.0 Å². The van der Waals surface area contributed by atoms with E-state index in [1.54, 1.807) is 72.2 Å². The second kappa shape index (κ2) is 15.6. The van der Waals surface area contributed by atoms with Gasteiger partial charge < -0.3 is 34.1 Å². The Bertz CT molecular complexity index is 2390. The van der Waals surface area contributed by atoms with Gasteiger partial charge in [-0.1, -0.05) is 35.9 Å². The van der Waals surface area contributed by atoms with Crippen molar-refractivity contribution in [3.8, 4) is 11.1 Å². The van der Waals surface area contributed by atoms with Gasteiger partial charge in [-0.25, -0.2) is 19.2 Å². The van der Waals surface area contributed by atoms with Gasteiger partial charge in [-0.05, 0) is 83.4 Å². The summed E-state index contributed by atoms with van der Waals surface area (Å²) in [6, 6.07) is 9.57. The molecule has 318 valence electrons. The molecule has 4 aliphatic rings. The third kappa shape index (κ3) is 7.66. The van der Waals surface area contributed by atoms with E-state index >= 15 is 4.39 Å². The van der Waals surface area contributed by atoms with Crippen LogP contribution in [-0.2, 0) is 54.3 Å². The first-order valence-electron chi connectivity index (χ1n) is 20.6. The average Bonchev–Trinajstić information content (AvgIpc) is 3.97. The Hall–Kier alpha value is -5.28. The number of rotatable bonds is 9. The number of halogens is 2. The molecule has 0 radical (unpaired) electrons. The Kier molecular flexibility index (Phi) is 10.8. The largest absolute Gasteiger partial charge is 0.469 e. The highest BCUT2D eigenvalue weighted by Crippen LogP contribution is 2.63. The van der Waals surface area contributed by atoms with Crippen LogP contribution in [0.2, 0.25) is 5.02 Å². The molecular weight excluding hydrogens is 791 g/mol. The lowest BCUT2D eigenvalue weighted by atomic mass is 9.80. The molecule has 60 heavy (non-hydrogen) atoms. The number of hydrogen-bond donors (Lipinski definition) is 2. The number of nitrogens with one attached hydrogen (secondary N) is 2. The van der Waals surface area contributed by atoms with E-state index in [9.17, 15) is 19.2 Å². The van der Waals surface area contributed by atoms with Crippen molar-refractivity contribution in [1.29, 1.82) is 0 Å². The van der Waals surface area contributed by atoms with Gasteiger partial charge in [0.25, 0.3) is 11.8 Å². The van der Waals surface area contributed by atoms with Crippen LogP contribution in [-0.4, -0.2) is 85.1 Å². The van der Waals surface area contributed by atoms with Crippen LogP contribution in [0.25, 0.3) is 11.1 Å². The molecule has 2 aromatic heterocycles. The molecule has 2 bridgehead atoms. The zero-order valence-corrected chi connectivity index (χ0v) is 35.8.